The van der Waals surface area contributed by atoms with Crippen molar-refractivity contribution < 1.29 is 0 Å². The zero-order valence-corrected chi connectivity index (χ0v) is 6.78. The maximum atomic E-state index is 4.22. The van der Waals surface area contributed by atoms with E-state index in [0.717, 1.165) is 12.2 Å². The highest BCUT2D eigenvalue weighted by Gasteiger charge is 2.17. The Morgan fingerprint density at radius 2 is 2.45 bits per heavy atom. The van der Waals surface area contributed by atoms with Crippen molar-refractivity contribution in [1.82, 2.24) is 9.55 Å². The molecule has 0 saturated heterocycles. The van der Waals surface area contributed by atoms with Gasteiger partial charge in [-0.25, -0.2) is 4.98 Å². The Hall–Kier alpha value is -1.12. The van der Waals surface area contributed by atoms with E-state index in [1.807, 2.05) is 19.6 Å². The molecule has 1 aromatic heterocycles. The average Bonchev–Trinajstić information content (AvgIpc) is 2.34. The summed E-state index contributed by atoms with van der Waals surface area (Å²) < 4.78 is 2.07. The van der Waals surface area contributed by atoms with Crippen LogP contribution in [-0.4, -0.2) is 22.3 Å². The van der Waals surface area contributed by atoms with E-state index in [-0.39, 0.29) is 0 Å². The van der Waals surface area contributed by atoms with Crippen LogP contribution in [0.15, 0.2) is 11.3 Å². The summed E-state index contributed by atoms with van der Waals surface area (Å²) in [6, 6.07) is 0. The number of aryl methyl sites for hydroxylation is 1. The van der Waals surface area contributed by atoms with Crippen molar-refractivity contribution in [3.8, 4) is 0 Å². The van der Waals surface area contributed by atoms with E-state index in [2.05, 4.69) is 21.5 Å². The van der Waals surface area contributed by atoms with Crippen LogP contribution in [0.2, 0.25) is 0 Å². The standard InChI is InChI=1S/C8H11N3/c1-6-3-9-4-7-8(6)11(2)5-10-7/h4-6H,3H2,1-2H3. The fourth-order valence-electron chi connectivity index (χ4n) is 1.54. The molecule has 58 valence electrons. The average molecular weight is 149 g/mol. The minimum atomic E-state index is 0.516. The van der Waals surface area contributed by atoms with Crippen molar-refractivity contribution >= 4 is 6.21 Å². The van der Waals surface area contributed by atoms with Crippen molar-refractivity contribution in [2.75, 3.05) is 6.54 Å². The topological polar surface area (TPSA) is 30.2 Å². The van der Waals surface area contributed by atoms with Crippen molar-refractivity contribution in [3.05, 3.63) is 17.7 Å². The van der Waals surface area contributed by atoms with Gasteiger partial charge in [0.25, 0.3) is 0 Å². The maximum absolute atomic E-state index is 4.22. The second kappa shape index (κ2) is 2.19. The van der Waals surface area contributed by atoms with Gasteiger partial charge in [0.05, 0.1) is 12.0 Å². The normalized spacial score (nSPS) is 21.8. The van der Waals surface area contributed by atoms with Gasteiger partial charge in [0, 0.05) is 25.7 Å². The van der Waals surface area contributed by atoms with E-state index in [4.69, 9.17) is 0 Å². The van der Waals surface area contributed by atoms with E-state index < -0.39 is 0 Å². The second-order valence-corrected chi connectivity index (χ2v) is 3.02. The lowest BCUT2D eigenvalue weighted by Gasteiger charge is -2.13. The number of nitrogens with zero attached hydrogens (tertiary/aromatic N) is 3. The van der Waals surface area contributed by atoms with Crippen molar-refractivity contribution in [1.29, 1.82) is 0 Å². The number of fused-ring (bicyclic) bond motifs is 1. The van der Waals surface area contributed by atoms with Crippen LogP contribution >= 0.6 is 0 Å². The molecular formula is C8H11N3. The summed E-state index contributed by atoms with van der Waals surface area (Å²) >= 11 is 0. The Balaban J connectivity index is 2.58. The smallest absolute Gasteiger partial charge is 0.102 e. The summed E-state index contributed by atoms with van der Waals surface area (Å²) in [5, 5.41) is 0. The number of aliphatic imine (C=N–C) groups is 1. The fourth-order valence-corrected chi connectivity index (χ4v) is 1.54. The van der Waals surface area contributed by atoms with Crippen LogP contribution in [0.3, 0.4) is 0 Å². The van der Waals surface area contributed by atoms with Gasteiger partial charge in [0.2, 0.25) is 0 Å². The van der Waals surface area contributed by atoms with Crippen LogP contribution in [0.4, 0.5) is 0 Å². The van der Waals surface area contributed by atoms with Crippen LogP contribution in [0.1, 0.15) is 24.2 Å². The second-order valence-electron chi connectivity index (χ2n) is 3.02. The molecule has 0 bridgehead atoms. The van der Waals surface area contributed by atoms with Gasteiger partial charge in [-0.3, -0.25) is 4.99 Å². The number of rotatable bonds is 0. The van der Waals surface area contributed by atoms with Gasteiger partial charge in [-0.2, -0.15) is 0 Å². The summed E-state index contributed by atoms with van der Waals surface area (Å²) in [7, 11) is 2.03. The van der Waals surface area contributed by atoms with E-state index in [1.54, 1.807) is 0 Å². The predicted octanol–water partition coefficient (Wildman–Crippen LogP) is 0.956. The predicted molar refractivity (Wildman–Crippen MR) is 44.1 cm³/mol. The van der Waals surface area contributed by atoms with Gasteiger partial charge in [-0.15, -0.1) is 0 Å². The molecule has 1 aliphatic rings. The Labute approximate surface area is 65.8 Å². The first-order valence-electron chi connectivity index (χ1n) is 3.80. The Morgan fingerprint density at radius 1 is 1.64 bits per heavy atom. The van der Waals surface area contributed by atoms with Gasteiger partial charge in [0.1, 0.15) is 5.69 Å². The highest BCUT2D eigenvalue weighted by molar-refractivity contribution is 5.80. The molecule has 0 radical (unpaired) electrons. The molecule has 0 amide bonds. The SMILES string of the molecule is CC1CN=Cc2ncn(C)c21. The van der Waals surface area contributed by atoms with Crippen LogP contribution < -0.4 is 0 Å². The Kier molecular flexibility index (Phi) is 1.31. The summed E-state index contributed by atoms with van der Waals surface area (Å²) in [6.45, 7) is 3.07. The van der Waals surface area contributed by atoms with E-state index in [9.17, 15) is 0 Å². The first kappa shape index (κ1) is 6.58. The highest BCUT2D eigenvalue weighted by Crippen LogP contribution is 2.20. The largest absolute Gasteiger partial charge is 0.337 e. The first-order valence-corrected chi connectivity index (χ1v) is 3.80. The summed E-state index contributed by atoms with van der Waals surface area (Å²) in [6.07, 6.45) is 3.70. The van der Waals surface area contributed by atoms with Gasteiger partial charge in [-0.1, -0.05) is 6.92 Å². The van der Waals surface area contributed by atoms with Crippen LogP contribution in [0.25, 0.3) is 0 Å². The van der Waals surface area contributed by atoms with E-state index in [0.29, 0.717) is 5.92 Å². The van der Waals surface area contributed by atoms with Gasteiger partial charge in [0.15, 0.2) is 0 Å². The molecule has 0 aliphatic carbocycles. The van der Waals surface area contributed by atoms with Gasteiger partial charge >= 0.3 is 0 Å². The third-order valence-corrected chi connectivity index (χ3v) is 2.07. The van der Waals surface area contributed by atoms with Gasteiger partial charge < -0.3 is 4.57 Å². The van der Waals surface area contributed by atoms with E-state index >= 15 is 0 Å². The van der Waals surface area contributed by atoms with Crippen molar-refractivity contribution in [2.45, 2.75) is 12.8 Å². The zero-order valence-electron chi connectivity index (χ0n) is 6.78. The number of hydrogen-bond donors (Lipinski definition) is 0. The fraction of sp³-hybridized carbons (Fsp3) is 0.500. The highest BCUT2D eigenvalue weighted by atomic mass is 15.0. The van der Waals surface area contributed by atoms with Gasteiger partial charge in [-0.05, 0) is 0 Å². The molecule has 0 saturated carbocycles. The van der Waals surface area contributed by atoms with Crippen LogP contribution in [-0.2, 0) is 7.05 Å². The van der Waals surface area contributed by atoms with Crippen LogP contribution in [0, 0.1) is 0 Å². The number of imidazole rings is 1. The molecule has 0 aromatic carbocycles. The maximum Gasteiger partial charge on any atom is 0.102 e. The molecular weight excluding hydrogens is 138 g/mol. The Morgan fingerprint density at radius 3 is 3.18 bits per heavy atom. The molecule has 1 aliphatic heterocycles. The minimum Gasteiger partial charge on any atom is -0.337 e. The third-order valence-electron chi connectivity index (χ3n) is 2.07. The van der Waals surface area contributed by atoms with Crippen molar-refractivity contribution in [2.24, 2.45) is 12.0 Å². The summed E-state index contributed by atoms with van der Waals surface area (Å²) in [5.41, 5.74) is 2.34. The molecule has 11 heavy (non-hydrogen) atoms. The van der Waals surface area contributed by atoms with Crippen molar-refractivity contribution in [3.63, 3.8) is 0 Å². The minimum absolute atomic E-state index is 0.516. The molecule has 0 N–H and O–H groups in total. The Bertz CT molecular complexity index is 298. The third kappa shape index (κ3) is 0.878. The molecule has 2 heterocycles. The number of aromatic nitrogens is 2. The molecule has 1 aromatic rings. The lowest BCUT2D eigenvalue weighted by molar-refractivity contribution is 0.687. The number of hydrogen-bond acceptors (Lipinski definition) is 2. The van der Waals surface area contributed by atoms with Crippen LogP contribution in [0.5, 0.6) is 0 Å². The van der Waals surface area contributed by atoms with E-state index in [1.165, 1.54) is 5.69 Å². The molecule has 2 rings (SSSR count). The molecule has 3 heteroatoms. The quantitative estimate of drug-likeness (QED) is 0.540. The molecule has 1 unspecified atom stereocenters. The molecule has 0 spiro atoms. The lowest BCUT2D eigenvalue weighted by atomic mass is 10.0. The first-order chi connectivity index (χ1) is 5.29. The molecule has 1 atom stereocenters. The lowest BCUT2D eigenvalue weighted by Crippen LogP contribution is -2.10. The summed E-state index contributed by atoms with van der Waals surface area (Å²) in [4.78, 5) is 8.43. The zero-order chi connectivity index (χ0) is 7.84. The molecule has 0 fully saturated rings. The summed E-state index contributed by atoms with van der Waals surface area (Å²) in [5.74, 6) is 0.516. The monoisotopic (exact) mass is 149 g/mol. The molecule has 3 nitrogen and oxygen atoms in total.